The Hall–Kier alpha value is -0.0800. The summed E-state index contributed by atoms with van der Waals surface area (Å²) in [5.41, 5.74) is 0. The minimum atomic E-state index is 0.795. The summed E-state index contributed by atoms with van der Waals surface area (Å²) < 4.78 is 0. The monoisotopic (exact) mass is 252 g/mol. The summed E-state index contributed by atoms with van der Waals surface area (Å²) in [7, 11) is 0. The van der Waals surface area contributed by atoms with Crippen molar-refractivity contribution in [2.75, 3.05) is 19.6 Å². The second-order valence-electron chi connectivity index (χ2n) is 6.42. The summed E-state index contributed by atoms with van der Waals surface area (Å²) in [6.45, 7) is 8.57. The van der Waals surface area contributed by atoms with Crippen molar-refractivity contribution in [3.8, 4) is 0 Å². The second-order valence-corrected chi connectivity index (χ2v) is 6.42. The maximum Gasteiger partial charge on any atom is 0.0110 e. The standard InChI is InChI=1S/C16H32N2/c1-3-15-9-6-7-12-18(15)13-11-17-16-10-5-4-8-14(16)2/h14-17H,3-13H2,1-2H3. The van der Waals surface area contributed by atoms with Crippen LogP contribution in [-0.4, -0.2) is 36.6 Å². The fraction of sp³-hybridized carbons (Fsp3) is 1.00. The van der Waals surface area contributed by atoms with Crippen LogP contribution in [0.3, 0.4) is 0 Å². The van der Waals surface area contributed by atoms with E-state index in [2.05, 4.69) is 24.1 Å². The van der Waals surface area contributed by atoms with Crippen molar-refractivity contribution in [1.29, 1.82) is 0 Å². The first-order valence-corrected chi connectivity index (χ1v) is 8.28. The molecule has 0 amide bonds. The van der Waals surface area contributed by atoms with Crippen LogP contribution in [0.1, 0.15) is 65.2 Å². The van der Waals surface area contributed by atoms with Gasteiger partial charge in [0.15, 0.2) is 0 Å². The Labute approximate surface area is 114 Å². The van der Waals surface area contributed by atoms with E-state index < -0.39 is 0 Å². The molecule has 1 heterocycles. The zero-order valence-electron chi connectivity index (χ0n) is 12.5. The largest absolute Gasteiger partial charge is 0.312 e. The molecule has 2 rings (SSSR count). The number of nitrogens with zero attached hydrogens (tertiary/aromatic N) is 1. The molecule has 1 saturated carbocycles. The Balaban J connectivity index is 1.67. The van der Waals surface area contributed by atoms with Gasteiger partial charge >= 0.3 is 0 Å². The maximum absolute atomic E-state index is 3.82. The molecule has 1 aliphatic carbocycles. The van der Waals surface area contributed by atoms with E-state index >= 15 is 0 Å². The van der Waals surface area contributed by atoms with E-state index in [-0.39, 0.29) is 0 Å². The summed E-state index contributed by atoms with van der Waals surface area (Å²) in [5, 5.41) is 3.82. The third-order valence-electron chi connectivity index (χ3n) is 5.14. The Morgan fingerprint density at radius 1 is 1.06 bits per heavy atom. The average molecular weight is 252 g/mol. The molecular weight excluding hydrogens is 220 g/mol. The van der Waals surface area contributed by atoms with Gasteiger partial charge in [-0.2, -0.15) is 0 Å². The molecule has 0 aromatic heterocycles. The van der Waals surface area contributed by atoms with Crippen molar-refractivity contribution in [2.24, 2.45) is 5.92 Å². The summed E-state index contributed by atoms with van der Waals surface area (Å²) >= 11 is 0. The van der Waals surface area contributed by atoms with E-state index in [9.17, 15) is 0 Å². The molecule has 2 heteroatoms. The summed E-state index contributed by atoms with van der Waals surface area (Å²) in [4.78, 5) is 2.73. The molecule has 2 nitrogen and oxygen atoms in total. The molecule has 0 radical (unpaired) electrons. The van der Waals surface area contributed by atoms with Gasteiger partial charge < -0.3 is 5.32 Å². The molecule has 106 valence electrons. The van der Waals surface area contributed by atoms with E-state index in [0.29, 0.717) is 0 Å². The van der Waals surface area contributed by atoms with Crippen LogP contribution >= 0.6 is 0 Å². The van der Waals surface area contributed by atoms with Crippen LogP contribution in [0.5, 0.6) is 0 Å². The van der Waals surface area contributed by atoms with Gasteiger partial charge in [0.05, 0.1) is 0 Å². The molecule has 0 aromatic carbocycles. The van der Waals surface area contributed by atoms with Gasteiger partial charge in [0.1, 0.15) is 0 Å². The normalized spacial score (nSPS) is 34.7. The van der Waals surface area contributed by atoms with Crippen LogP contribution in [-0.2, 0) is 0 Å². The third kappa shape index (κ3) is 3.96. The Kier molecular flexibility index (Phi) is 5.97. The van der Waals surface area contributed by atoms with Gasteiger partial charge in [-0.05, 0) is 44.6 Å². The predicted molar refractivity (Wildman–Crippen MR) is 78.9 cm³/mol. The highest BCUT2D eigenvalue weighted by Crippen LogP contribution is 2.24. The van der Waals surface area contributed by atoms with Crippen LogP contribution in [0.25, 0.3) is 0 Å². The van der Waals surface area contributed by atoms with Gasteiger partial charge in [-0.3, -0.25) is 4.90 Å². The molecule has 2 aliphatic rings. The van der Waals surface area contributed by atoms with Crippen LogP contribution in [0.2, 0.25) is 0 Å². The first-order chi connectivity index (χ1) is 8.81. The van der Waals surface area contributed by atoms with Gasteiger partial charge in [0.25, 0.3) is 0 Å². The highest BCUT2D eigenvalue weighted by molar-refractivity contribution is 4.80. The van der Waals surface area contributed by atoms with Gasteiger partial charge in [-0.25, -0.2) is 0 Å². The fourth-order valence-corrected chi connectivity index (χ4v) is 3.83. The van der Waals surface area contributed by atoms with E-state index in [1.54, 1.807) is 0 Å². The van der Waals surface area contributed by atoms with Crippen LogP contribution in [0.4, 0.5) is 0 Å². The fourth-order valence-electron chi connectivity index (χ4n) is 3.83. The van der Waals surface area contributed by atoms with Gasteiger partial charge in [0, 0.05) is 25.2 Å². The van der Waals surface area contributed by atoms with E-state index in [0.717, 1.165) is 18.0 Å². The van der Waals surface area contributed by atoms with E-state index in [4.69, 9.17) is 0 Å². The molecule has 3 atom stereocenters. The van der Waals surface area contributed by atoms with Crippen molar-refractivity contribution >= 4 is 0 Å². The van der Waals surface area contributed by atoms with Gasteiger partial charge in [-0.15, -0.1) is 0 Å². The summed E-state index contributed by atoms with van der Waals surface area (Å²) in [6.07, 6.45) is 11.3. The lowest BCUT2D eigenvalue weighted by Crippen LogP contribution is -2.46. The third-order valence-corrected chi connectivity index (χ3v) is 5.14. The minimum Gasteiger partial charge on any atom is -0.312 e. The van der Waals surface area contributed by atoms with E-state index in [1.165, 1.54) is 71.0 Å². The molecule has 2 fully saturated rings. The molecule has 1 aliphatic heterocycles. The number of rotatable bonds is 5. The zero-order chi connectivity index (χ0) is 12.8. The molecule has 18 heavy (non-hydrogen) atoms. The highest BCUT2D eigenvalue weighted by atomic mass is 15.2. The zero-order valence-corrected chi connectivity index (χ0v) is 12.5. The lowest BCUT2D eigenvalue weighted by atomic mass is 9.86. The molecular formula is C16H32N2. The SMILES string of the molecule is CCC1CCCCN1CCNC1CCCCC1C. The summed E-state index contributed by atoms with van der Waals surface area (Å²) in [5.74, 6) is 0.891. The Bertz CT molecular complexity index is 229. The molecule has 0 aromatic rings. The summed E-state index contributed by atoms with van der Waals surface area (Å²) in [6, 6.07) is 1.66. The number of hydrogen-bond acceptors (Lipinski definition) is 2. The first-order valence-electron chi connectivity index (χ1n) is 8.28. The van der Waals surface area contributed by atoms with Crippen molar-refractivity contribution < 1.29 is 0 Å². The topological polar surface area (TPSA) is 15.3 Å². The van der Waals surface area contributed by atoms with Gasteiger partial charge in [-0.1, -0.05) is 33.1 Å². The number of piperidine rings is 1. The van der Waals surface area contributed by atoms with E-state index in [1.807, 2.05) is 0 Å². The lowest BCUT2D eigenvalue weighted by Gasteiger charge is -2.36. The molecule has 1 saturated heterocycles. The maximum atomic E-state index is 3.82. The smallest absolute Gasteiger partial charge is 0.0110 e. The Morgan fingerprint density at radius 2 is 1.83 bits per heavy atom. The second kappa shape index (κ2) is 7.49. The minimum absolute atomic E-state index is 0.795. The Morgan fingerprint density at radius 3 is 2.61 bits per heavy atom. The number of nitrogens with one attached hydrogen (secondary N) is 1. The van der Waals surface area contributed by atoms with Crippen LogP contribution < -0.4 is 5.32 Å². The van der Waals surface area contributed by atoms with Crippen molar-refractivity contribution in [2.45, 2.75) is 77.3 Å². The molecule has 0 spiro atoms. The van der Waals surface area contributed by atoms with Crippen LogP contribution in [0, 0.1) is 5.92 Å². The predicted octanol–water partition coefficient (Wildman–Crippen LogP) is 3.42. The lowest BCUT2D eigenvalue weighted by molar-refractivity contribution is 0.140. The molecule has 3 unspecified atom stereocenters. The van der Waals surface area contributed by atoms with Crippen molar-refractivity contribution in [3.63, 3.8) is 0 Å². The first kappa shape index (κ1) is 14.3. The van der Waals surface area contributed by atoms with Gasteiger partial charge in [0.2, 0.25) is 0 Å². The quantitative estimate of drug-likeness (QED) is 0.806. The van der Waals surface area contributed by atoms with Crippen LogP contribution in [0.15, 0.2) is 0 Å². The van der Waals surface area contributed by atoms with Crippen molar-refractivity contribution in [1.82, 2.24) is 10.2 Å². The molecule has 1 N–H and O–H groups in total. The highest BCUT2D eigenvalue weighted by Gasteiger charge is 2.22. The average Bonchev–Trinajstić information content (AvgIpc) is 2.41. The number of hydrogen-bond donors (Lipinski definition) is 1. The van der Waals surface area contributed by atoms with Crippen molar-refractivity contribution in [3.05, 3.63) is 0 Å². The number of likely N-dealkylation sites (tertiary alicyclic amines) is 1. The molecule has 0 bridgehead atoms.